The predicted molar refractivity (Wildman–Crippen MR) is 66.6 cm³/mol. The molecular formula is C9H22O6P2. The molecule has 6 nitrogen and oxygen atoms in total. The van der Waals surface area contributed by atoms with E-state index in [9.17, 15) is 14.2 Å². The number of rotatable bonds is 6. The van der Waals surface area contributed by atoms with Gasteiger partial charge in [0.2, 0.25) is 7.37 Å². The van der Waals surface area contributed by atoms with Crippen molar-refractivity contribution in [3.05, 3.63) is 0 Å². The molecule has 0 fully saturated rings. The van der Waals surface area contributed by atoms with Gasteiger partial charge in [0.1, 0.15) is 11.7 Å². The van der Waals surface area contributed by atoms with Gasteiger partial charge in [0.25, 0.3) is 0 Å². The molecule has 0 aliphatic heterocycles. The van der Waals surface area contributed by atoms with Crippen LogP contribution in [0.3, 0.4) is 0 Å². The maximum atomic E-state index is 12.5. The summed E-state index contributed by atoms with van der Waals surface area (Å²) in [4.78, 5) is 0. The molecule has 0 saturated heterocycles. The Balaban J connectivity index is 5.77. The Morgan fingerprint density at radius 1 is 1.06 bits per heavy atom. The molecule has 2 unspecified atom stereocenters. The predicted octanol–water partition coefficient (Wildman–Crippen LogP) is 2.72. The summed E-state index contributed by atoms with van der Waals surface area (Å²) < 4.78 is 39.6. The molecule has 1 N–H and O–H groups in total. The fourth-order valence-corrected chi connectivity index (χ4v) is 7.73. The van der Waals surface area contributed by atoms with Gasteiger partial charge >= 0.3 is 7.60 Å². The number of hydrogen-bond acceptors (Lipinski definition) is 6. The molecule has 0 bridgehead atoms. The Morgan fingerprint density at radius 2 is 1.47 bits per heavy atom. The van der Waals surface area contributed by atoms with E-state index in [2.05, 4.69) is 0 Å². The van der Waals surface area contributed by atoms with Crippen LogP contribution in [0.1, 0.15) is 20.8 Å². The molecule has 0 saturated carbocycles. The largest absolute Gasteiger partial charge is 0.386 e. The van der Waals surface area contributed by atoms with Gasteiger partial charge in [-0.1, -0.05) is 20.8 Å². The molecular weight excluding hydrogens is 266 g/mol. The molecule has 0 aliphatic carbocycles. The lowest BCUT2D eigenvalue weighted by Crippen LogP contribution is -2.29. The first-order chi connectivity index (χ1) is 7.61. The van der Waals surface area contributed by atoms with E-state index in [0.29, 0.717) is 0 Å². The van der Waals surface area contributed by atoms with Crippen LogP contribution in [0, 0.1) is 5.41 Å². The number of aliphatic hydroxyl groups excluding tert-OH is 1. The summed E-state index contributed by atoms with van der Waals surface area (Å²) in [6, 6.07) is 0. The highest BCUT2D eigenvalue weighted by atomic mass is 31.2. The molecule has 8 heteroatoms. The van der Waals surface area contributed by atoms with E-state index in [0.717, 1.165) is 0 Å². The van der Waals surface area contributed by atoms with Gasteiger partial charge in [0, 0.05) is 21.3 Å². The summed E-state index contributed by atoms with van der Waals surface area (Å²) in [5.74, 6) is 0. The van der Waals surface area contributed by atoms with E-state index in [1.165, 1.54) is 21.3 Å². The Bertz CT molecular complexity index is 293. The highest BCUT2D eigenvalue weighted by Crippen LogP contribution is 2.73. The van der Waals surface area contributed by atoms with Gasteiger partial charge in [-0.25, -0.2) is 0 Å². The van der Waals surface area contributed by atoms with Crippen molar-refractivity contribution in [3.63, 3.8) is 0 Å². The smallest absolute Gasteiger partial charge is 0.343 e. The van der Waals surface area contributed by atoms with Crippen LogP contribution in [-0.4, -0.2) is 38.2 Å². The molecule has 104 valence electrons. The van der Waals surface area contributed by atoms with Crippen molar-refractivity contribution in [1.29, 1.82) is 0 Å². The third-order valence-corrected chi connectivity index (χ3v) is 9.29. The molecule has 0 aromatic carbocycles. The van der Waals surface area contributed by atoms with Crippen LogP contribution < -0.4 is 0 Å². The van der Waals surface area contributed by atoms with E-state index in [1.807, 2.05) is 0 Å². The highest BCUT2D eigenvalue weighted by molar-refractivity contribution is 7.75. The summed E-state index contributed by atoms with van der Waals surface area (Å²) >= 11 is 0. The summed E-state index contributed by atoms with van der Waals surface area (Å²) in [7, 11) is -3.48. The summed E-state index contributed by atoms with van der Waals surface area (Å²) in [6.07, 6.45) is -0.706. The first kappa shape index (κ1) is 17.3. The lowest BCUT2D eigenvalue weighted by molar-refractivity contribution is 0.238. The maximum absolute atomic E-state index is 12.5. The lowest BCUT2D eigenvalue weighted by Gasteiger charge is -2.37. The monoisotopic (exact) mass is 288 g/mol. The van der Waals surface area contributed by atoms with Crippen LogP contribution in [0.25, 0.3) is 0 Å². The third-order valence-electron chi connectivity index (χ3n) is 2.46. The molecule has 0 spiro atoms. The van der Waals surface area contributed by atoms with E-state index in [4.69, 9.17) is 13.6 Å². The van der Waals surface area contributed by atoms with E-state index < -0.39 is 32.1 Å². The van der Waals surface area contributed by atoms with Gasteiger partial charge in [-0.3, -0.25) is 9.13 Å². The topological polar surface area (TPSA) is 82.1 Å². The van der Waals surface area contributed by atoms with Crippen molar-refractivity contribution in [1.82, 2.24) is 0 Å². The quantitative estimate of drug-likeness (QED) is 0.757. The molecule has 0 aliphatic rings. The van der Waals surface area contributed by atoms with Crippen LogP contribution >= 0.6 is 15.0 Å². The fraction of sp³-hybridized carbons (Fsp3) is 1.00. The minimum absolute atomic E-state index is 0.671. The van der Waals surface area contributed by atoms with Gasteiger partial charge in [-0.05, 0) is 5.41 Å². The average molecular weight is 288 g/mol. The average Bonchev–Trinajstić information content (AvgIpc) is 2.26. The zero-order valence-corrected chi connectivity index (χ0v) is 13.0. The summed E-state index contributed by atoms with van der Waals surface area (Å²) in [6.45, 7) is 5.22. The second-order valence-corrected chi connectivity index (χ2v) is 10.0. The Morgan fingerprint density at radius 3 is 1.65 bits per heavy atom. The molecule has 0 amide bonds. The van der Waals surface area contributed by atoms with Crippen LogP contribution in [0.4, 0.5) is 0 Å². The first-order valence-corrected chi connectivity index (χ1v) is 8.57. The molecule has 0 radical (unpaired) electrons. The van der Waals surface area contributed by atoms with E-state index >= 15 is 0 Å². The van der Waals surface area contributed by atoms with Crippen molar-refractivity contribution in [2.45, 2.75) is 26.2 Å². The molecule has 0 aromatic heterocycles. The minimum atomic E-state index is -3.62. The minimum Gasteiger partial charge on any atom is -0.386 e. The van der Waals surface area contributed by atoms with Crippen molar-refractivity contribution in [2.75, 3.05) is 27.7 Å². The van der Waals surface area contributed by atoms with Crippen LogP contribution in [0.2, 0.25) is 0 Å². The Labute approximate surface area is 103 Å². The molecule has 0 rings (SSSR count). The zero-order valence-electron chi connectivity index (χ0n) is 11.2. The molecule has 0 heterocycles. The standard InChI is InChI=1S/C9H22O6P2/c1-9(2,3)8(16(11,7-10)13-4)17(12,14-5)15-6/h8,10H,7H2,1-6H3. The SMILES string of the molecule is COP(=O)(CO)C(C(C)(C)C)P(=O)(OC)OC. The molecule has 2 atom stereocenters. The lowest BCUT2D eigenvalue weighted by atomic mass is 10.00. The van der Waals surface area contributed by atoms with E-state index in [1.54, 1.807) is 20.8 Å². The van der Waals surface area contributed by atoms with Crippen LogP contribution in [0.5, 0.6) is 0 Å². The molecule has 17 heavy (non-hydrogen) atoms. The Kier molecular flexibility index (Phi) is 6.07. The van der Waals surface area contributed by atoms with Gasteiger partial charge in [0.05, 0.1) is 0 Å². The zero-order chi connectivity index (χ0) is 13.9. The van der Waals surface area contributed by atoms with Gasteiger partial charge in [-0.2, -0.15) is 0 Å². The highest BCUT2D eigenvalue weighted by Gasteiger charge is 2.54. The number of aliphatic hydroxyl groups is 1. The maximum Gasteiger partial charge on any atom is 0.343 e. The number of hydrogen-bond donors (Lipinski definition) is 1. The Hall–Kier alpha value is 0.300. The van der Waals surface area contributed by atoms with Gasteiger partial charge in [0.15, 0.2) is 0 Å². The van der Waals surface area contributed by atoms with Crippen LogP contribution in [0.15, 0.2) is 0 Å². The molecule has 0 aromatic rings. The second-order valence-electron chi connectivity index (χ2n) is 4.69. The van der Waals surface area contributed by atoms with Gasteiger partial charge < -0.3 is 18.7 Å². The van der Waals surface area contributed by atoms with E-state index in [-0.39, 0.29) is 0 Å². The summed E-state index contributed by atoms with van der Waals surface area (Å²) in [5.41, 5.74) is -0.671. The second kappa shape index (κ2) is 5.96. The van der Waals surface area contributed by atoms with Crippen molar-refractivity contribution >= 4 is 15.0 Å². The van der Waals surface area contributed by atoms with Gasteiger partial charge in [-0.15, -0.1) is 0 Å². The first-order valence-electron chi connectivity index (χ1n) is 5.08. The summed E-state index contributed by atoms with van der Waals surface area (Å²) in [5, 5.41) is 8.23. The van der Waals surface area contributed by atoms with Crippen molar-refractivity contribution in [3.8, 4) is 0 Å². The third kappa shape index (κ3) is 3.63. The van der Waals surface area contributed by atoms with Crippen molar-refractivity contribution in [2.24, 2.45) is 5.41 Å². The van der Waals surface area contributed by atoms with Crippen molar-refractivity contribution < 1.29 is 27.8 Å². The van der Waals surface area contributed by atoms with Crippen LogP contribution in [-0.2, 0) is 22.7 Å². The normalized spacial score (nSPS) is 18.8. The fourth-order valence-electron chi connectivity index (χ4n) is 1.79.